The van der Waals surface area contributed by atoms with Gasteiger partial charge in [0, 0.05) is 0 Å². The van der Waals surface area contributed by atoms with E-state index in [-0.39, 0.29) is 0 Å². The smallest absolute Gasteiger partial charge is 0.142 e. The Bertz CT molecular complexity index is 236. The Balaban J connectivity index is 3.62. The van der Waals surface area contributed by atoms with E-state index >= 15 is 0 Å². The Hall–Kier alpha value is -0.850. The van der Waals surface area contributed by atoms with Gasteiger partial charge in [0.15, 0.2) is 0 Å². The molecule has 0 aromatic carbocycles. The Morgan fingerprint density at radius 2 is 1.75 bits per heavy atom. The monoisotopic (exact) mass is 222 g/mol. The van der Waals surface area contributed by atoms with Crippen molar-refractivity contribution in [1.82, 2.24) is 0 Å². The summed E-state index contributed by atoms with van der Waals surface area (Å²) in [6, 6.07) is 0. The minimum atomic E-state index is 0.872. The molecule has 1 heteroatoms. The summed E-state index contributed by atoms with van der Waals surface area (Å²) < 4.78 is 0. The fourth-order valence-electron chi connectivity index (χ4n) is 1.68. The van der Waals surface area contributed by atoms with E-state index in [0.717, 1.165) is 19.1 Å². The van der Waals surface area contributed by atoms with E-state index in [1.165, 1.54) is 43.3 Å². The second-order valence-electron chi connectivity index (χ2n) is 4.55. The summed E-state index contributed by atoms with van der Waals surface area (Å²) in [7, 11) is 0. The van der Waals surface area contributed by atoms with Crippen molar-refractivity contribution >= 4 is 6.29 Å². The van der Waals surface area contributed by atoms with Gasteiger partial charge >= 0.3 is 0 Å². The van der Waals surface area contributed by atoms with Crippen LogP contribution in [0.3, 0.4) is 0 Å². The van der Waals surface area contributed by atoms with E-state index in [9.17, 15) is 4.79 Å². The minimum Gasteiger partial charge on any atom is -0.299 e. The number of carbonyl (C=O) groups excluding carboxylic acids is 1. The molecule has 0 aromatic rings. The van der Waals surface area contributed by atoms with Crippen molar-refractivity contribution < 1.29 is 4.79 Å². The molecule has 0 unspecified atom stereocenters. The predicted molar refractivity (Wildman–Crippen MR) is 71.6 cm³/mol. The molecule has 0 aliphatic rings. The van der Waals surface area contributed by atoms with Gasteiger partial charge in [-0.1, -0.05) is 43.4 Å². The molecule has 0 aliphatic heterocycles. The van der Waals surface area contributed by atoms with Crippen LogP contribution in [0.2, 0.25) is 0 Å². The molecule has 0 saturated heterocycles. The maximum Gasteiger partial charge on any atom is 0.142 e. The number of aldehydes is 1. The number of hydrogen-bond donors (Lipinski definition) is 0. The summed E-state index contributed by atoms with van der Waals surface area (Å²) in [5.74, 6) is 0. The third-order valence-corrected chi connectivity index (χ3v) is 2.81. The first-order valence-electron chi connectivity index (χ1n) is 6.47. The maximum absolute atomic E-state index is 10.2. The number of allylic oxidation sites excluding steroid dienone is 4. The van der Waals surface area contributed by atoms with Gasteiger partial charge in [-0.25, -0.2) is 0 Å². The molecule has 92 valence electrons. The Morgan fingerprint density at radius 3 is 2.38 bits per heavy atom. The second-order valence-corrected chi connectivity index (χ2v) is 4.55. The van der Waals surface area contributed by atoms with Gasteiger partial charge in [-0.2, -0.15) is 0 Å². The Morgan fingerprint density at radius 1 is 1.00 bits per heavy atom. The maximum atomic E-state index is 10.2. The van der Waals surface area contributed by atoms with Crippen LogP contribution in [0.15, 0.2) is 23.3 Å². The quantitative estimate of drug-likeness (QED) is 0.236. The van der Waals surface area contributed by atoms with Crippen LogP contribution in [0.25, 0.3) is 0 Å². The molecule has 0 aromatic heterocycles. The number of unbranched alkanes of at least 4 members (excludes halogenated alkanes) is 3. The fourth-order valence-corrected chi connectivity index (χ4v) is 1.68. The van der Waals surface area contributed by atoms with Crippen molar-refractivity contribution in [2.45, 2.75) is 65.7 Å². The van der Waals surface area contributed by atoms with Crippen molar-refractivity contribution in [1.29, 1.82) is 0 Å². The van der Waals surface area contributed by atoms with Crippen molar-refractivity contribution in [3.8, 4) is 0 Å². The lowest BCUT2D eigenvalue weighted by Crippen LogP contribution is -1.82. The normalized spacial score (nSPS) is 12.9. The first-order valence-corrected chi connectivity index (χ1v) is 6.47. The lowest BCUT2D eigenvalue weighted by molar-refractivity contribution is -0.104. The molecule has 0 bridgehead atoms. The lowest BCUT2D eigenvalue weighted by Gasteiger charge is -2.01. The molecule has 0 radical (unpaired) electrons. The van der Waals surface area contributed by atoms with Crippen LogP contribution in [0.5, 0.6) is 0 Å². The zero-order chi connectivity index (χ0) is 12.2. The highest BCUT2D eigenvalue weighted by atomic mass is 16.1. The molecule has 1 nitrogen and oxygen atoms in total. The van der Waals surface area contributed by atoms with Gasteiger partial charge in [0.05, 0.1) is 0 Å². The van der Waals surface area contributed by atoms with Crippen molar-refractivity contribution in [3.63, 3.8) is 0 Å². The van der Waals surface area contributed by atoms with Gasteiger partial charge in [0.2, 0.25) is 0 Å². The van der Waals surface area contributed by atoms with Gasteiger partial charge in [-0.3, -0.25) is 4.79 Å². The molecule has 0 saturated carbocycles. The standard InChI is InChI=1S/C15H26O/c1-4-5-6-7-9-14(2)10-8-11-15(3)12-13-16/h10,12-13H,4-9,11H2,1-3H3. The summed E-state index contributed by atoms with van der Waals surface area (Å²) >= 11 is 0. The van der Waals surface area contributed by atoms with Gasteiger partial charge in [-0.05, 0) is 45.6 Å². The van der Waals surface area contributed by atoms with E-state index in [2.05, 4.69) is 19.9 Å². The number of rotatable bonds is 9. The summed E-state index contributed by atoms with van der Waals surface area (Å²) in [4.78, 5) is 10.2. The Kier molecular flexibility index (Phi) is 10.1. The number of hydrogen-bond acceptors (Lipinski definition) is 1. The van der Waals surface area contributed by atoms with Gasteiger partial charge < -0.3 is 0 Å². The largest absolute Gasteiger partial charge is 0.299 e. The average Bonchev–Trinajstić information content (AvgIpc) is 2.25. The summed E-state index contributed by atoms with van der Waals surface area (Å²) in [5.41, 5.74) is 2.67. The summed E-state index contributed by atoms with van der Waals surface area (Å²) in [6.07, 6.45) is 13.5. The van der Waals surface area contributed by atoms with Gasteiger partial charge in [0.25, 0.3) is 0 Å². The molecular formula is C15H26O. The molecule has 0 N–H and O–H groups in total. The summed E-state index contributed by atoms with van der Waals surface area (Å²) in [6.45, 7) is 6.47. The zero-order valence-corrected chi connectivity index (χ0v) is 11.1. The van der Waals surface area contributed by atoms with Crippen molar-refractivity contribution in [2.75, 3.05) is 0 Å². The highest BCUT2D eigenvalue weighted by Crippen LogP contribution is 2.12. The van der Waals surface area contributed by atoms with Crippen LogP contribution in [0.1, 0.15) is 65.7 Å². The molecule has 0 amide bonds. The molecule has 16 heavy (non-hydrogen) atoms. The molecule has 0 heterocycles. The van der Waals surface area contributed by atoms with Crippen molar-refractivity contribution in [2.24, 2.45) is 0 Å². The van der Waals surface area contributed by atoms with E-state index in [0.29, 0.717) is 0 Å². The topological polar surface area (TPSA) is 17.1 Å². The molecular weight excluding hydrogens is 196 g/mol. The average molecular weight is 222 g/mol. The SMILES string of the molecule is CCCCCCC(C)=CCCC(C)=CC=O. The van der Waals surface area contributed by atoms with Crippen LogP contribution in [-0.4, -0.2) is 6.29 Å². The first kappa shape index (κ1) is 15.2. The van der Waals surface area contributed by atoms with Gasteiger partial charge in [0.1, 0.15) is 6.29 Å². The molecule has 0 atom stereocenters. The molecule has 0 spiro atoms. The van der Waals surface area contributed by atoms with E-state index in [1.807, 2.05) is 6.92 Å². The van der Waals surface area contributed by atoms with E-state index in [4.69, 9.17) is 0 Å². The highest BCUT2D eigenvalue weighted by molar-refractivity contribution is 5.65. The molecule has 0 fully saturated rings. The van der Waals surface area contributed by atoms with Crippen molar-refractivity contribution in [3.05, 3.63) is 23.3 Å². The zero-order valence-electron chi connectivity index (χ0n) is 11.1. The fraction of sp³-hybridized carbons (Fsp3) is 0.667. The second kappa shape index (κ2) is 10.7. The first-order chi connectivity index (χ1) is 7.70. The van der Waals surface area contributed by atoms with E-state index < -0.39 is 0 Å². The van der Waals surface area contributed by atoms with Crippen LogP contribution in [0.4, 0.5) is 0 Å². The van der Waals surface area contributed by atoms with Crippen LogP contribution in [0, 0.1) is 0 Å². The predicted octanol–water partition coefficient (Wildman–Crippen LogP) is 4.83. The lowest BCUT2D eigenvalue weighted by atomic mass is 10.0. The highest BCUT2D eigenvalue weighted by Gasteiger charge is 1.92. The summed E-state index contributed by atoms with van der Waals surface area (Å²) in [5, 5.41) is 0. The molecule has 0 rings (SSSR count). The van der Waals surface area contributed by atoms with Crippen LogP contribution >= 0.6 is 0 Å². The Labute approximate surface area is 101 Å². The third-order valence-electron chi connectivity index (χ3n) is 2.81. The number of carbonyl (C=O) groups is 1. The molecule has 0 aliphatic carbocycles. The van der Waals surface area contributed by atoms with Gasteiger partial charge in [-0.15, -0.1) is 0 Å². The minimum absolute atomic E-state index is 0.872. The third kappa shape index (κ3) is 9.70. The van der Waals surface area contributed by atoms with Crippen LogP contribution < -0.4 is 0 Å². The van der Waals surface area contributed by atoms with E-state index in [1.54, 1.807) is 6.08 Å². The van der Waals surface area contributed by atoms with Crippen LogP contribution in [-0.2, 0) is 4.79 Å².